The van der Waals surface area contributed by atoms with Crippen molar-refractivity contribution in [3.05, 3.63) is 31.6 Å². The largest absolute Gasteiger partial charge is 0.479 e. The Morgan fingerprint density at radius 2 is 2.12 bits per heavy atom. The Morgan fingerprint density at radius 1 is 1.56 bits per heavy atom. The SMILES string of the molecule is CC(O)(Cn1cc(Br)cc(Br)c1=O)C(=O)O. The fraction of sp³-hybridized carbons (Fsp3) is 0.333. The molecular weight excluding hydrogens is 346 g/mol. The Morgan fingerprint density at radius 3 is 2.62 bits per heavy atom. The molecule has 1 unspecified atom stereocenters. The van der Waals surface area contributed by atoms with Crippen molar-refractivity contribution in [2.45, 2.75) is 19.1 Å². The number of aliphatic hydroxyl groups is 1. The lowest BCUT2D eigenvalue weighted by Gasteiger charge is -2.19. The molecule has 0 aromatic carbocycles. The Kier molecular flexibility index (Phi) is 3.92. The summed E-state index contributed by atoms with van der Waals surface area (Å²) < 4.78 is 2.03. The van der Waals surface area contributed by atoms with Gasteiger partial charge in [-0.25, -0.2) is 4.79 Å². The monoisotopic (exact) mass is 353 g/mol. The van der Waals surface area contributed by atoms with Gasteiger partial charge in [0.25, 0.3) is 5.56 Å². The number of pyridine rings is 1. The molecule has 0 fully saturated rings. The number of carboxylic acids is 1. The molecule has 5 nitrogen and oxygen atoms in total. The lowest BCUT2D eigenvalue weighted by molar-refractivity contribution is -0.157. The standard InChI is InChI=1S/C9H9Br2NO4/c1-9(16,8(14)15)4-12-3-5(10)2-6(11)7(12)13/h2-3,16H,4H2,1H3,(H,14,15). The van der Waals surface area contributed by atoms with Crippen molar-refractivity contribution in [1.82, 2.24) is 4.57 Å². The number of halogens is 2. The van der Waals surface area contributed by atoms with E-state index in [-0.39, 0.29) is 6.54 Å². The first kappa shape index (κ1) is 13.4. The van der Waals surface area contributed by atoms with Crippen LogP contribution >= 0.6 is 31.9 Å². The molecule has 0 aliphatic heterocycles. The van der Waals surface area contributed by atoms with Crippen molar-refractivity contribution in [3.63, 3.8) is 0 Å². The van der Waals surface area contributed by atoms with Gasteiger partial charge in [0.1, 0.15) is 0 Å². The fourth-order valence-corrected chi connectivity index (χ4v) is 2.34. The van der Waals surface area contributed by atoms with E-state index in [4.69, 9.17) is 5.11 Å². The topological polar surface area (TPSA) is 79.5 Å². The van der Waals surface area contributed by atoms with Crippen molar-refractivity contribution in [1.29, 1.82) is 0 Å². The van der Waals surface area contributed by atoms with E-state index in [1.165, 1.54) is 6.20 Å². The van der Waals surface area contributed by atoms with E-state index in [9.17, 15) is 14.7 Å². The zero-order valence-corrected chi connectivity index (χ0v) is 11.4. The summed E-state index contributed by atoms with van der Waals surface area (Å²) in [6, 6.07) is 1.55. The van der Waals surface area contributed by atoms with Crippen LogP contribution in [-0.4, -0.2) is 26.4 Å². The molecule has 1 heterocycles. The fourth-order valence-electron chi connectivity index (χ4n) is 1.08. The van der Waals surface area contributed by atoms with Crippen LogP contribution in [0.1, 0.15) is 6.92 Å². The molecule has 7 heteroatoms. The average Bonchev–Trinajstić information content (AvgIpc) is 2.12. The molecule has 0 bridgehead atoms. The third kappa shape index (κ3) is 2.93. The van der Waals surface area contributed by atoms with E-state index in [0.29, 0.717) is 8.95 Å². The van der Waals surface area contributed by atoms with Gasteiger partial charge in [0.2, 0.25) is 0 Å². The molecular formula is C9H9Br2NO4. The summed E-state index contributed by atoms with van der Waals surface area (Å²) in [5, 5.41) is 18.3. The number of nitrogens with zero attached hydrogens (tertiary/aromatic N) is 1. The van der Waals surface area contributed by atoms with Crippen LogP contribution in [0.15, 0.2) is 26.0 Å². The Hall–Kier alpha value is -0.660. The van der Waals surface area contributed by atoms with Gasteiger partial charge in [0.15, 0.2) is 5.60 Å². The molecule has 1 rings (SSSR count). The summed E-state index contributed by atoms with van der Waals surface area (Å²) in [6.45, 7) is 0.815. The molecule has 0 radical (unpaired) electrons. The molecule has 0 amide bonds. The second-order valence-corrected chi connectivity index (χ2v) is 5.29. The Bertz CT molecular complexity index is 481. The van der Waals surface area contributed by atoms with Crippen LogP contribution in [0, 0.1) is 0 Å². The van der Waals surface area contributed by atoms with E-state index in [1.807, 2.05) is 0 Å². The van der Waals surface area contributed by atoms with Gasteiger partial charge < -0.3 is 14.8 Å². The van der Waals surface area contributed by atoms with E-state index >= 15 is 0 Å². The summed E-state index contributed by atoms with van der Waals surface area (Å²) >= 11 is 6.22. The number of aliphatic carboxylic acids is 1. The lowest BCUT2D eigenvalue weighted by atomic mass is 10.1. The van der Waals surface area contributed by atoms with E-state index < -0.39 is 17.1 Å². The summed E-state index contributed by atoms with van der Waals surface area (Å²) in [4.78, 5) is 22.3. The van der Waals surface area contributed by atoms with Gasteiger partial charge in [-0.2, -0.15) is 0 Å². The maximum Gasteiger partial charge on any atom is 0.337 e. The lowest BCUT2D eigenvalue weighted by Crippen LogP contribution is -2.42. The summed E-state index contributed by atoms with van der Waals surface area (Å²) in [6.07, 6.45) is 1.42. The van der Waals surface area contributed by atoms with Crippen molar-refractivity contribution in [2.24, 2.45) is 0 Å². The van der Waals surface area contributed by atoms with E-state index in [1.54, 1.807) is 6.07 Å². The predicted molar refractivity (Wildman–Crippen MR) is 64.4 cm³/mol. The number of aromatic nitrogens is 1. The molecule has 0 spiro atoms. The van der Waals surface area contributed by atoms with Crippen LogP contribution in [-0.2, 0) is 11.3 Å². The molecule has 1 aromatic heterocycles. The molecule has 88 valence electrons. The molecule has 1 aromatic rings. The average molecular weight is 355 g/mol. The first-order valence-corrected chi connectivity index (χ1v) is 5.84. The number of rotatable bonds is 3. The molecule has 0 aliphatic carbocycles. The van der Waals surface area contributed by atoms with Crippen molar-refractivity contribution in [3.8, 4) is 0 Å². The van der Waals surface area contributed by atoms with Gasteiger partial charge in [0.05, 0.1) is 11.0 Å². The highest BCUT2D eigenvalue weighted by Crippen LogP contribution is 2.14. The Labute approximate surface area is 108 Å². The zero-order chi connectivity index (χ0) is 12.5. The van der Waals surface area contributed by atoms with Gasteiger partial charge in [-0.05, 0) is 44.8 Å². The quantitative estimate of drug-likeness (QED) is 0.855. The van der Waals surface area contributed by atoms with Crippen LogP contribution in [0.2, 0.25) is 0 Å². The van der Waals surface area contributed by atoms with Gasteiger partial charge >= 0.3 is 5.97 Å². The second-order valence-electron chi connectivity index (χ2n) is 3.52. The van der Waals surface area contributed by atoms with Gasteiger partial charge in [-0.1, -0.05) is 0 Å². The summed E-state index contributed by atoms with van der Waals surface area (Å²) in [5.74, 6) is -1.38. The molecule has 16 heavy (non-hydrogen) atoms. The van der Waals surface area contributed by atoms with Crippen molar-refractivity contribution >= 4 is 37.8 Å². The van der Waals surface area contributed by atoms with Gasteiger partial charge in [0, 0.05) is 10.7 Å². The minimum Gasteiger partial charge on any atom is -0.479 e. The number of hydrogen-bond acceptors (Lipinski definition) is 3. The Balaban J connectivity index is 3.16. The summed E-state index contributed by atoms with van der Waals surface area (Å²) in [5.41, 5.74) is -2.38. The first-order valence-electron chi connectivity index (χ1n) is 4.25. The van der Waals surface area contributed by atoms with E-state index in [2.05, 4.69) is 31.9 Å². The van der Waals surface area contributed by atoms with Crippen LogP contribution in [0.5, 0.6) is 0 Å². The minimum atomic E-state index is -1.98. The van der Waals surface area contributed by atoms with Crippen LogP contribution in [0.25, 0.3) is 0 Å². The van der Waals surface area contributed by atoms with Gasteiger partial charge in [-0.15, -0.1) is 0 Å². The molecule has 0 saturated carbocycles. The molecule has 0 aliphatic rings. The highest BCUT2D eigenvalue weighted by molar-refractivity contribution is 9.11. The zero-order valence-electron chi connectivity index (χ0n) is 8.28. The molecule has 2 N–H and O–H groups in total. The highest BCUT2D eigenvalue weighted by Gasteiger charge is 2.30. The van der Waals surface area contributed by atoms with Crippen LogP contribution < -0.4 is 5.56 Å². The number of carboxylic acid groups (broad SMARTS) is 1. The maximum absolute atomic E-state index is 11.6. The smallest absolute Gasteiger partial charge is 0.337 e. The highest BCUT2D eigenvalue weighted by atomic mass is 79.9. The normalized spacial score (nSPS) is 14.5. The van der Waals surface area contributed by atoms with Crippen molar-refractivity contribution in [2.75, 3.05) is 0 Å². The number of carbonyl (C=O) groups is 1. The summed E-state index contributed by atoms with van der Waals surface area (Å²) in [7, 11) is 0. The van der Waals surface area contributed by atoms with Gasteiger partial charge in [-0.3, -0.25) is 4.79 Å². The minimum absolute atomic E-state index is 0.295. The number of hydrogen-bond donors (Lipinski definition) is 2. The van der Waals surface area contributed by atoms with Crippen LogP contribution in [0.3, 0.4) is 0 Å². The third-order valence-corrected chi connectivity index (χ3v) is 2.95. The van der Waals surface area contributed by atoms with Crippen molar-refractivity contribution < 1.29 is 15.0 Å². The van der Waals surface area contributed by atoms with Crippen LogP contribution in [0.4, 0.5) is 0 Å². The second kappa shape index (κ2) is 4.68. The molecule has 1 atom stereocenters. The van der Waals surface area contributed by atoms with E-state index in [0.717, 1.165) is 11.5 Å². The first-order chi connectivity index (χ1) is 7.24. The maximum atomic E-state index is 11.6. The third-order valence-electron chi connectivity index (χ3n) is 1.95. The predicted octanol–water partition coefficient (Wildman–Crippen LogP) is 1.21. The molecule has 0 saturated heterocycles.